The number of anilines is 1. The van der Waals surface area contributed by atoms with E-state index in [1.165, 1.54) is 12.1 Å². The lowest BCUT2D eigenvalue weighted by Gasteiger charge is -2.17. The first kappa shape index (κ1) is 18.4. The van der Waals surface area contributed by atoms with Crippen LogP contribution in [0.15, 0.2) is 36.4 Å². The molecule has 6 nitrogen and oxygen atoms in total. The largest absolute Gasteiger partial charge is 0.508 e. The number of aryl methyl sites for hydroxylation is 2. The summed E-state index contributed by atoms with van der Waals surface area (Å²) in [7, 11) is 1.70. The monoisotopic (exact) mass is 341 g/mol. The number of aromatic hydroxyl groups is 1. The van der Waals surface area contributed by atoms with Crippen LogP contribution in [-0.4, -0.2) is 33.9 Å². The lowest BCUT2D eigenvalue weighted by molar-refractivity contribution is -0.132. The van der Waals surface area contributed by atoms with E-state index in [-0.39, 0.29) is 30.4 Å². The van der Waals surface area contributed by atoms with Crippen molar-refractivity contribution in [3.8, 4) is 5.75 Å². The van der Waals surface area contributed by atoms with E-state index in [0.717, 1.165) is 17.0 Å². The molecule has 0 saturated carbocycles. The first-order chi connectivity index (χ1) is 11.8. The molecule has 25 heavy (non-hydrogen) atoms. The number of phenolic OH excluding ortho intramolecular Hbond substituents is 1. The number of phenols is 1. The summed E-state index contributed by atoms with van der Waals surface area (Å²) < 4.78 is 0. The molecule has 6 heteroatoms. The summed E-state index contributed by atoms with van der Waals surface area (Å²) in [4.78, 5) is 30.1. The summed E-state index contributed by atoms with van der Waals surface area (Å²) in [5.74, 6) is -0.307. The van der Waals surface area contributed by atoms with Crippen molar-refractivity contribution in [1.29, 1.82) is 0 Å². The third-order valence-corrected chi connectivity index (χ3v) is 3.67. The molecular formula is C19H23N3O3. The molecule has 0 spiro atoms. The number of rotatable bonds is 6. The second-order valence-corrected chi connectivity index (χ2v) is 6.13. The van der Waals surface area contributed by atoms with Crippen LogP contribution in [0.2, 0.25) is 0 Å². The average Bonchev–Trinajstić information content (AvgIpc) is 2.51. The molecule has 1 aromatic heterocycles. The molecule has 0 unspecified atom stereocenters. The number of amides is 2. The van der Waals surface area contributed by atoms with Gasteiger partial charge in [0.2, 0.25) is 11.8 Å². The molecule has 2 rings (SSSR count). The number of benzene rings is 1. The van der Waals surface area contributed by atoms with Gasteiger partial charge in [-0.05, 0) is 43.7 Å². The van der Waals surface area contributed by atoms with E-state index in [1.807, 2.05) is 26.0 Å². The molecule has 0 saturated heterocycles. The Balaban J connectivity index is 1.83. The van der Waals surface area contributed by atoms with Gasteiger partial charge >= 0.3 is 0 Å². The molecule has 0 atom stereocenters. The Hall–Kier alpha value is -2.89. The van der Waals surface area contributed by atoms with Crippen molar-refractivity contribution in [2.45, 2.75) is 33.2 Å². The molecule has 2 N–H and O–H groups in total. The number of nitrogens with one attached hydrogen (secondary N) is 1. The lowest BCUT2D eigenvalue weighted by Crippen LogP contribution is -2.27. The molecular weight excluding hydrogens is 318 g/mol. The van der Waals surface area contributed by atoms with Crippen LogP contribution in [0.3, 0.4) is 0 Å². The Morgan fingerprint density at radius 3 is 2.60 bits per heavy atom. The fraction of sp³-hybridized carbons (Fsp3) is 0.316. The number of aromatic nitrogens is 1. The van der Waals surface area contributed by atoms with E-state index in [0.29, 0.717) is 12.2 Å². The van der Waals surface area contributed by atoms with E-state index in [2.05, 4.69) is 10.3 Å². The van der Waals surface area contributed by atoms with Crippen molar-refractivity contribution in [1.82, 2.24) is 9.88 Å². The molecule has 0 radical (unpaired) electrons. The third-order valence-electron chi connectivity index (χ3n) is 3.67. The molecule has 0 bridgehead atoms. The molecule has 1 aromatic carbocycles. The Morgan fingerprint density at radius 2 is 1.92 bits per heavy atom. The average molecular weight is 341 g/mol. The number of pyridine rings is 1. The predicted octanol–water partition coefficient (Wildman–Crippen LogP) is 2.78. The summed E-state index contributed by atoms with van der Waals surface area (Å²) >= 11 is 0. The van der Waals surface area contributed by atoms with E-state index in [9.17, 15) is 14.7 Å². The van der Waals surface area contributed by atoms with Crippen LogP contribution < -0.4 is 5.32 Å². The molecule has 0 aliphatic heterocycles. The minimum absolute atomic E-state index is 0.0783. The Kier molecular flexibility index (Phi) is 6.11. The number of nitrogens with zero attached hydrogens (tertiary/aromatic N) is 2. The van der Waals surface area contributed by atoms with Gasteiger partial charge in [0.25, 0.3) is 0 Å². The zero-order chi connectivity index (χ0) is 18.4. The molecule has 0 aliphatic carbocycles. The summed E-state index contributed by atoms with van der Waals surface area (Å²) in [6.45, 7) is 4.32. The molecule has 0 aliphatic rings. The first-order valence-corrected chi connectivity index (χ1v) is 8.10. The van der Waals surface area contributed by atoms with Crippen LogP contribution in [0.5, 0.6) is 5.75 Å². The van der Waals surface area contributed by atoms with E-state index >= 15 is 0 Å². The first-order valence-electron chi connectivity index (χ1n) is 8.10. The van der Waals surface area contributed by atoms with Crippen molar-refractivity contribution >= 4 is 17.5 Å². The second-order valence-electron chi connectivity index (χ2n) is 6.13. The van der Waals surface area contributed by atoms with Gasteiger partial charge in [0.1, 0.15) is 5.75 Å². The molecule has 1 heterocycles. The normalized spacial score (nSPS) is 10.4. The maximum absolute atomic E-state index is 12.2. The molecule has 0 fully saturated rings. The van der Waals surface area contributed by atoms with Crippen LogP contribution in [0.1, 0.15) is 29.8 Å². The van der Waals surface area contributed by atoms with Gasteiger partial charge in [-0.2, -0.15) is 0 Å². The van der Waals surface area contributed by atoms with Crippen LogP contribution in [-0.2, 0) is 16.1 Å². The van der Waals surface area contributed by atoms with E-state index in [1.54, 1.807) is 24.1 Å². The molecule has 2 aromatic rings. The number of carbonyl (C=O) groups is 2. The smallest absolute Gasteiger partial charge is 0.224 e. The Morgan fingerprint density at radius 1 is 1.16 bits per heavy atom. The Bertz CT molecular complexity index is 754. The van der Waals surface area contributed by atoms with Gasteiger partial charge in [-0.1, -0.05) is 6.07 Å². The fourth-order valence-corrected chi connectivity index (χ4v) is 2.56. The van der Waals surface area contributed by atoms with Crippen molar-refractivity contribution in [2.75, 3.05) is 12.4 Å². The van der Waals surface area contributed by atoms with Crippen LogP contribution in [0.25, 0.3) is 0 Å². The SMILES string of the molecule is Cc1cc(C)nc(CN(C)C(=O)CCC(=O)Nc2cccc(O)c2)c1. The summed E-state index contributed by atoms with van der Waals surface area (Å²) in [6.07, 6.45) is 0.199. The van der Waals surface area contributed by atoms with Gasteiger partial charge in [-0.3, -0.25) is 14.6 Å². The topological polar surface area (TPSA) is 82.5 Å². The number of hydrogen-bond acceptors (Lipinski definition) is 4. The fourth-order valence-electron chi connectivity index (χ4n) is 2.56. The van der Waals surface area contributed by atoms with Gasteiger partial charge in [0, 0.05) is 37.3 Å². The number of hydrogen-bond donors (Lipinski definition) is 2. The van der Waals surface area contributed by atoms with Crippen molar-refractivity contribution < 1.29 is 14.7 Å². The van der Waals surface area contributed by atoms with E-state index in [4.69, 9.17) is 0 Å². The van der Waals surface area contributed by atoms with Crippen molar-refractivity contribution in [3.63, 3.8) is 0 Å². The van der Waals surface area contributed by atoms with Gasteiger partial charge in [-0.25, -0.2) is 0 Å². The van der Waals surface area contributed by atoms with Gasteiger partial charge in [-0.15, -0.1) is 0 Å². The third kappa shape index (κ3) is 5.91. The highest BCUT2D eigenvalue weighted by atomic mass is 16.3. The zero-order valence-corrected chi connectivity index (χ0v) is 14.7. The van der Waals surface area contributed by atoms with E-state index < -0.39 is 0 Å². The van der Waals surface area contributed by atoms with Crippen molar-refractivity contribution in [3.05, 3.63) is 53.3 Å². The highest BCUT2D eigenvalue weighted by Gasteiger charge is 2.13. The van der Waals surface area contributed by atoms with Gasteiger partial charge < -0.3 is 15.3 Å². The standard InChI is InChI=1S/C19H23N3O3/c1-13-9-14(2)20-16(10-13)12-22(3)19(25)8-7-18(24)21-15-5-4-6-17(23)11-15/h4-6,9-11,23H,7-8,12H2,1-3H3,(H,21,24). The van der Waals surface area contributed by atoms with Crippen LogP contribution in [0, 0.1) is 13.8 Å². The van der Waals surface area contributed by atoms with Crippen molar-refractivity contribution in [2.24, 2.45) is 0 Å². The molecule has 2 amide bonds. The minimum Gasteiger partial charge on any atom is -0.508 e. The summed E-state index contributed by atoms with van der Waals surface area (Å²) in [6, 6.07) is 10.2. The highest BCUT2D eigenvalue weighted by Crippen LogP contribution is 2.15. The maximum atomic E-state index is 12.2. The number of carbonyl (C=O) groups excluding carboxylic acids is 2. The summed E-state index contributed by atoms with van der Waals surface area (Å²) in [5.41, 5.74) is 3.36. The quantitative estimate of drug-likeness (QED) is 0.846. The van der Waals surface area contributed by atoms with Crippen LogP contribution in [0.4, 0.5) is 5.69 Å². The Labute approximate surface area is 147 Å². The minimum atomic E-state index is -0.267. The van der Waals surface area contributed by atoms with Gasteiger partial charge in [0.05, 0.1) is 12.2 Å². The molecule has 132 valence electrons. The second kappa shape index (κ2) is 8.28. The zero-order valence-electron chi connectivity index (χ0n) is 14.7. The van der Waals surface area contributed by atoms with Crippen LogP contribution >= 0.6 is 0 Å². The highest BCUT2D eigenvalue weighted by molar-refractivity contribution is 5.93. The van der Waals surface area contributed by atoms with Gasteiger partial charge in [0.15, 0.2) is 0 Å². The lowest BCUT2D eigenvalue weighted by atomic mass is 10.2. The maximum Gasteiger partial charge on any atom is 0.224 e. The summed E-state index contributed by atoms with van der Waals surface area (Å²) in [5, 5.41) is 12.0. The predicted molar refractivity (Wildman–Crippen MR) is 96.2 cm³/mol.